The summed E-state index contributed by atoms with van der Waals surface area (Å²) < 4.78 is 0. The van der Waals surface area contributed by atoms with E-state index < -0.39 is 10.8 Å². The van der Waals surface area contributed by atoms with Crippen molar-refractivity contribution in [2.24, 2.45) is 0 Å². The van der Waals surface area contributed by atoms with E-state index in [1.54, 1.807) is 0 Å². The van der Waals surface area contributed by atoms with Gasteiger partial charge in [0.25, 0.3) is 11.6 Å². The van der Waals surface area contributed by atoms with Gasteiger partial charge in [-0.15, -0.1) is 0 Å². The zero-order valence-electron chi connectivity index (χ0n) is 8.31. The smallest absolute Gasteiger partial charge is 0.275 e. The summed E-state index contributed by atoms with van der Waals surface area (Å²) in [4.78, 5) is 25.9. The fourth-order valence-corrected chi connectivity index (χ4v) is 1.21. The predicted octanol–water partition coefficient (Wildman–Crippen LogP) is 1.19. The van der Waals surface area contributed by atoms with E-state index in [2.05, 4.69) is 10.3 Å². The number of carbonyl (C=O) groups excluding carboxylic acids is 1. The second kappa shape index (κ2) is 4.52. The molecule has 1 rings (SSSR count). The van der Waals surface area contributed by atoms with Gasteiger partial charge in [0.1, 0.15) is 0 Å². The number of benzene rings is 1. The van der Waals surface area contributed by atoms with Gasteiger partial charge in [-0.25, -0.2) is 5.48 Å². The summed E-state index contributed by atoms with van der Waals surface area (Å²) in [5.41, 5.74) is 2.57. The molecule has 0 aromatic heterocycles. The SMILES string of the molecule is CONC(=O)c1cccc([N+](=O)[O-])c1C. The second-order valence-electron chi connectivity index (χ2n) is 2.84. The molecule has 6 heteroatoms. The van der Waals surface area contributed by atoms with Gasteiger partial charge >= 0.3 is 0 Å². The number of hydrogen-bond acceptors (Lipinski definition) is 4. The highest BCUT2D eigenvalue weighted by atomic mass is 16.6. The molecule has 1 amide bonds. The van der Waals surface area contributed by atoms with E-state index in [0.717, 1.165) is 0 Å². The second-order valence-corrected chi connectivity index (χ2v) is 2.84. The molecule has 0 unspecified atom stereocenters. The van der Waals surface area contributed by atoms with Crippen molar-refractivity contribution in [1.29, 1.82) is 0 Å². The molecule has 0 spiro atoms. The summed E-state index contributed by atoms with van der Waals surface area (Å²) >= 11 is 0. The molecule has 1 aromatic carbocycles. The lowest BCUT2D eigenvalue weighted by molar-refractivity contribution is -0.385. The number of carbonyl (C=O) groups is 1. The first-order valence-electron chi connectivity index (χ1n) is 4.15. The first kappa shape index (κ1) is 11.1. The Morgan fingerprint density at radius 3 is 2.73 bits per heavy atom. The summed E-state index contributed by atoms with van der Waals surface area (Å²) in [5, 5.41) is 10.6. The van der Waals surface area contributed by atoms with Crippen molar-refractivity contribution in [2.45, 2.75) is 6.92 Å². The number of nitrogens with zero attached hydrogens (tertiary/aromatic N) is 1. The number of hydrogen-bond donors (Lipinski definition) is 1. The predicted molar refractivity (Wildman–Crippen MR) is 52.3 cm³/mol. The molecule has 0 bridgehead atoms. The van der Waals surface area contributed by atoms with Crippen LogP contribution in [0.4, 0.5) is 5.69 Å². The third kappa shape index (κ3) is 2.29. The Morgan fingerprint density at radius 2 is 2.20 bits per heavy atom. The minimum absolute atomic E-state index is 0.0845. The summed E-state index contributed by atoms with van der Waals surface area (Å²) in [5.74, 6) is -0.501. The fourth-order valence-electron chi connectivity index (χ4n) is 1.21. The number of nitro benzene ring substituents is 1. The van der Waals surface area contributed by atoms with Crippen LogP contribution in [0.15, 0.2) is 18.2 Å². The first-order valence-corrected chi connectivity index (χ1v) is 4.15. The standard InChI is InChI=1S/C9H10N2O4/c1-6-7(9(12)10-15-2)4-3-5-8(6)11(13)14/h3-5H,1-2H3,(H,10,12). The molecule has 0 saturated heterocycles. The average Bonchev–Trinajstić information content (AvgIpc) is 2.17. The van der Waals surface area contributed by atoms with Crippen LogP contribution in [0.2, 0.25) is 0 Å². The lowest BCUT2D eigenvalue weighted by Gasteiger charge is -2.05. The summed E-state index contributed by atoms with van der Waals surface area (Å²) in [7, 11) is 1.30. The zero-order valence-corrected chi connectivity index (χ0v) is 8.31. The average molecular weight is 210 g/mol. The molecule has 0 saturated carbocycles. The van der Waals surface area contributed by atoms with Gasteiger partial charge in [-0.1, -0.05) is 6.07 Å². The van der Waals surface area contributed by atoms with Crippen LogP contribution in [0.25, 0.3) is 0 Å². The van der Waals surface area contributed by atoms with Gasteiger partial charge in [0.15, 0.2) is 0 Å². The van der Waals surface area contributed by atoms with E-state index in [0.29, 0.717) is 5.56 Å². The largest absolute Gasteiger partial charge is 0.277 e. The van der Waals surface area contributed by atoms with Crippen LogP contribution in [0.3, 0.4) is 0 Å². The summed E-state index contributed by atoms with van der Waals surface area (Å²) in [6, 6.07) is 4.30. The molecule has 80 valence electrons. The van der Waals surface area contributed by atoms with Crippen LogP contribution in [0.1, 0.15) is 15.9 Å². The monoisotopic (exact) mass is 210 g/mol. The molecule has 0 fully saturated rings. The zero-order chi connectivity index (χ0) is 11.4. The minimum Gasteiger partial charge on any atom is -0.277 e. The van der Waals surface area contributed by atoms with Crippen LogP contribution in [0, 0.1) is 17.0 Å². The molecule has 0 radical (unpaired) electrons. The van der Waals surface area contributed by atoms with Crippen LogP contribution >= 0.6 is 0 Å². The molecule has 15 heavy (non-hydrogen) atoms. The Labute approximate surface area is 86.0 Å². The first-order chi connectivity index (χ1) is 7.07. The normalized spacial score (nSPS) is 9.73. The van der Waals surface area contributed by atoms with E-state index in [4.69, 9.17) is 0 Å². The van der Waals surface area contributed by atoms with Crippen LogP contribution < -0.4 is 5.48 Å². The van der Waals surface area contributed by atoms with Crippen LogP contribution in [0.5, 0.6) is 0 Å². The molecule has 1 N–H and O–H groups in total. The molecule has 0 aliphatic rings. The fraction of sp³-hybridized carbons (Fsp3) is 0.222. The Bertz CT molecular complexity index is 403. The maximum atomic E-state index is 11.4. The third-order valence-electron chi connectivity index (χ3n) is 1.94. The Hall–Kier alpha value is -1.95. The lowest BCUT2D eigenvalue weighted by atomic mass is 10.1. The number of amides is 1. The van der Waals surface area contributed by atoms with Gasteiger partial charge in [0.05, 0.1) is 17.6 Å². The van der Waals surface area contributed by atoms with Crippen molar-refractivity contribution in [3.8, 4) is 0 Å². The van der Waals surface area contributed by atoms with Crippen LogP contribution in [-0.4, -0.2) is 17.9 Å². The quantitative estimate of drug-likeness (QED) is 0.600. The van der Waals surface area contributed by atoms with E-state index in [-0.39, 0.29) is 11.3 Å². The van der Waals surface area contributed by atoms with Crippen molar-refractivity contribution in [3.05, 3.63) is 39.4 Å². The minimum atomic E-state index is -0.529. The van der Waals surface area contributed by atoms with Crippen LogP contribution in [-0.2, 0) is 4.84 Å². The number of nitro groups is 1. The summed E-state index contributed by atoms with van der Waals surface area (Å²) in [6.07, 6.45) is 0. The molecular weight excluding hydrogens is 200 g/mol. The van der Waals surface area contributed by atoms with Gasteiger partial charge in [0, 0.05) is 11.6 Å². The van der Waals surface area contributed by atoms with Crippen molar-refractivity contribution >= 4 is 11.6 Å². The Morgan fingerprint density at radius 1 is 1.53 bits per heavy atom. The van der Waals surface area contributed by atoms with E-state index >= 15 is 0 Å². The van der Waals surface area contributed by atoms with Crippen molar-refractivity contribution in [1.82, 2.24) is 5.48 Å². The third-order valence-corrected chi connectivity index (χ3v) is 1.94. The molecular formula is C9H10N2O4. The number of rotatable bonds is 3. The van der Waals surface area contributed by atoms with Gasteiger partial charge < -0.3 is 0 Å². The molecule has 6 nitrogen and oxygen atoms in total. The molecule has 0 heterocycles. The van der Waals surface area contributed by atoms with Gasteiger partial charge in [-0.3, -0.25) is 19.7 Å². The maximum Gasteiger partial charge on any atom is 0.275 e. The lowest BCUT2D eigenvalue weighted by Crippen LogP contribution is -2.22. The number of hydroxylamine groups is 1. The van der Waals surface area contributed by atoms with E-state index in [9.17, 15) is 14.9 Å². The highest BCUT2D eigenvalue weighted by molar-refractivity contribution is 5.95. The summed E-state index contributed by atoms with van der Waals surface area (Å²) in [6.45, 7) is 1.52. The van der Waals surface area contributed by atoms with Crippen molar-refractivity contribution in [3.63, 3.8) is 0 Å². The Kier molecular flexibility index (Phi) is 3.35. The van der Waals surface area contributed by atoms with Gasteiger partial charge in [0.2, 0.25) is 0 Å². The van der Waals surface area contributed by atoms with E-state index in [1.165, 1.54) is 32.2 Å². The topological polar surface area (TPSA) is 81.5 Å². The molecule has 1 aromatic rings. The maximum absolute atomic E-state index is 11.4. The van der Waals surface area contributed by atoms with Gasteiger partial charge in [-0.2, -0.15) is 0 Å². The highest BCUT2D eigenvalue weighted by Gasteiger charge is 2.17. The Balaban J connectivity index is 3.15. The number of nitrogens with one attached hydrogen (secondary N) is 1. The molecule has 0 aliphatic carbocycles. The van der Waals surface area contributed by atoms with E-state index in [1.807, 2.05) is 0 Å². The molecule has 0 atom stereocenters. The van der Waals surface area contributed by atoms with Crippen molar-refractivity contribution in [2.75, 3.05) is 7.11 Å². The highest BCUT2D eigenvalue weighted by Crippen LogP contribution is 2.20. The van der Waals surface area contributed by atoms with Gasteiger partial charge in [-0.05, 0) is 13.0 Å². The molecule has 0 aliphatic heterocycles. The van der Waals surface area contributed by atoms with Crippen molar-refractivity contribution < 1.29 is 14.6 Å².